The fourth-order valence-electron chi connectivity index (χ4n) is 1.39. The Bertz CT molecular complexity index is 414. The van der Waals surface area contributed by atoms with Gasteiger partial charge in [-0.2, -0.15) is 0 Å². The molecule has 0 saturated heterocycles. The van der Waals surface area contributed by atoms with E-state index in [0.717, 1.165) is 17.0 Å². The number of anilines is 1. The van der Waals surface area contributed by atoms with Crippen LogP contribution in [-0.2, 0) is 4.79 Å². The summed E-state index contributed by atoms with van der Waals surface area (Å²) in [6.45, 7) is 5.54. The molecule has 1 aromatic carbocycles. The van der Waals surface area contributed by atoms with E-state index in [0.29, 0.717) is 6.42 Å². The Kier molecular flexibility index (Phi) is 4.12. The topological polar surface area (TPSA) is 64.4 Å². The number of rotatable bonds is 4. The Hall–Kier alpha value is -1.55. The molecule has 0 fully saturated rings. The molecule has 1 amide bonds. The minimum Gasteiger partial charge on any atom is -0.496 e. The minimum atomic E-state index is -0.839. The fraction of sp³-hybridized carbons (Fsp3) is 0.462. The number of carbonyl (C=O) groups excluding carboxylic acids is 1. The van der Waals surface area contributed by atoms with E-state index < -0.39 is 5.54 Å². The number of carbonyl (C=O) groups is 1. The lowest BCUT2D eigenvalue weighted by Crippen LogP contribution is -2.47. The van der Waals surface area contributed by atoms with Crippen molar-refractivity contribution in [2.24, 2.45) is 5.73 Å². The van der Waals surface area contributed by atoms with Gasteiger partial charge in [-0.1, -0.05) is 6.92 Å². The molecule has 1 atom stereocenters. The Labute approximate surface area is 102 Å². The van der Waals surface area contributed by atoms with Gasteiger partial charge >= 0.3 is 0 Å². The summed E-state index contributed by atoms with van der Waals surface area (Å²) in [5.41, 5.74) is 6.73. The molecule has 94 valence electrons. The first-order chi connectivity index (χ1) is 7.90. The number of amides is 1. The normalized spacial score (nSPS) is 13.9. The lowest BCUT2D eigenvalue weighted by Gasteiger charge is -2.21. The van der Waals surface area contributed by atoms with E-state index in [9.17, 15) is 4.79 Å². The maximum atomic E-state index is 11.9. The summed E-state index contributed by atoms with van der Waals surface area (Å²) in [7, 11) is 1.62. The molecule has 3 N–H and O–H groups in total. The summed E-state index contributed by atoms with van der Waals surface area (Å²) < 4.78 is 5.16. The molecule has 0 radical (unpaired) electrons. The standard InChI is InChI=1S/C13H20N2O2/c1-5-13(3,14)12(16)15-10-6-7-11(17-4)9(2)8-10/h6-8H,5,14H2,1-4H3,(H,15,16). The molecular weight excluding hydrogens is 216 g/mol. The number of hydrogen-bond acceptors (Lipinski definition) is 3. The van der Waals surface area contributed by atoms with E-state index in [1.165, 1.54) is 0 Å². The van der Waals surface area contributed by atoms with Crippen molar-refractivity contribution in [1.29, 1.82) is 0 Å². The van der Waals surface area contributed by atoms with Crippen LogP contribution in [0.4, 0.5) is 5.69 Å². The molecule has 4 nitrogen and oxygen atoms in total. The summed E-state index contributed by atoms with van der Waals surface area (Å²) in [5.74, 6) is 0.624. The van der Waals surface area contributed by atoms with Crippen LogP contribution in [-0.4, -0.2) is 18.6 Å². The van der Waals surface area contributed by atoms with Crippen LogP contribution in [0.25, 0.3) is 0 Å². The number of ether oxygens (including phenoxy) is 1. The van der Waals surface area contributed by atoms with Crippen LogP contribution < -0.4 is 15.8 Å². The first kappa shape index (κ1) is 13.5. The van der Waals surface area contributed by atoms with Crippen molar-refractivity contribution in [2.45, 2.75) is 32.7 Å². The van der Waals surface area contributed by atoms with Crippen LogP contribution in [0.5, 0.6) is 5.75 Å². The summed E-state index contributed by atoms with van der Waals surface area (Å²) in [5, 5.41) is 2.81. The third-order valence-corrected chi connectivity index (χ3v) is 2.91. The Morgan fingerprint density at radius 1 is 1.53 bits per heavy atom. The van der Waals surface area contributed by atoms with Gasteiger partial charge in [-0.3, -0.25) is 4.79 Å². The highest BCUT2D eigenvalue weighted by Gasteiger charge is 2.25. The average molecular weight is 236 g/mol. The predicted octanol–water partition coefficient (Wildman–Crippen LogP) is 2.07. The molecule has 0 aromatic heterocycles. The van der Waals surface area contributed by atoms with Gasteiger partial charge in [0.25, 0.3) is 0 Å². The van der Waals surface area contributed by atoms with Crippen molar-refractivity contribution in [3.05, 3.63) is 23.8 Å². The van der Waals surface area contributed by atoms with Crippen molar-refractivity contribution < 1.29 is 9.53 Å². The molecule has 0 spiro atoms. The molecule has 0 aliphatic carbocycles. The van der Waals surface area contributed by atoms with Gasteiger partial charge in [-0.25, -0.2) is 0 Å². The van der Waals surface area contributed by atoms with Crippen molar-refractivity contribution >= 4 is 11.6 Å². The van der Waals surface area contributed by atoms with Gasteiger partial charge in [0.15, 0.2) is 0 Å². The molecule has 1 rings (SSSR count). The third-order valence-electron chi connectivity index (χ3n) is 2.91. The molecule has 0 aliphatic rings. The molecule has 0 saturated carbocycles. The molecule has 0 heterocycles. The summed E-state index contributed by atoms with van der Waals surface area (Å²) >= 11 is 0. The second kappa shape index (κ2) is 5.19. The first-order valence-electron chi connectivity index (χ1n) is 5.65. The highest BCUT2D eigenvalue weighted by Crippen LogP contribution is 2.22. The van der Waals surface area contributed by atoms with Crippen LogP contribution >= 0.6 is 0 Å². The maximum Gasteiger partial charge on any atom is 0.244 e. The van der Waals surface area contributed by atoms with Crippen LogP contribution in [0.1, 0.15) is 25.8 Å². The first-order valence-corrected chi connectivity index (χ1v) is 5.65. The number of methoxy groups -OCH3 is 1. The number of nitrogens with one attached hydrogen (secondary N) is 1. The van der Waals surface area contributed by atoms with Crippen LogP contribution in [0.3, 0.4) is 0 Å². The second-order valence-corrected chi connectivity index (χ2v) is 4.41. The van der Waals surface area contributed by atoms with E-state index in [1.807, 2.05) is 26.0 Å². The van der Waals surface area contributed by atoms with E-state index in [-0.39, 0.29) is 5.91 Å². The van der Waals surface area contributed by atoms with Crippen LogP contribution in [0, 0.1) is 6.92 Å². The molecule has 0 aliphatic heterocycles. The van der Waals surface area contributed by atoms with Gasteiger partial charge in [0.2, 0.25) is 5.91 Å². The Morgan fingerprint density at radius 2 is 2.18 bits per heavy atom. The average Bonchev–Trinajstić information content (AvgIpc) is 2.29. The Morgan fingerprint density at radius 3 is 2.65 bits per heavy atom. The van der Waals surface area contributed by atoms with E-state index in [4.69, 9.17) is 10.5 Å². The van der Waals surface area contributed by atoms with Crippen LogP contribution in [0.15, 0.2) is 18.2 Å². The monoisotopic (exact) mass is 236 g/mol. The maximum absolute atomic E-state index is 11.9. The van der Waals surface area contributed by atoms with Gasteiger partial charge in [-0.15, -0.1) is 0 Å². The van der Waals surface area contributed by atoms with Gasteiger partial charge in [-0.05, 0) is 44.0 Å². The lowest BCUT2D eigenvalue weighted by atomic mass is 9.99. The van der Waals surface area contributed by atoms with Gasteiger partial charge in [0.05, 0.1) is 12.6 Å². The SMILES string of the molecule is CCC(C)(N)C(=O)Nc1ccc(OC)c(C)c1. The van der Waals surface area contributed by atoms with Crippen molar-refractivity contribution in [1.82, 2.24) is 0 Å². The summed E-state index contributed by atoms with van der Waals surface area (Å²) in [4.78, 5) is 11.9. The minimum absolute atomic E-state index is 0.176. The fourth-order valence-corrected chi connectivity index (χ4v) is 1.39. The van der Waals surface area contributed by atoms with Gasteiger partial charge < -0.3 is 15.8 Å². The largest absolute Gasteiger partial charge is 0.496 e. The van der Waals surface area contributed by atoms with Gasteiger partial charge in [0, 0.05) is 5.69 Å². The van der Waals surface area contributed by atoms with E-state index >= 15 is 0 Å². The number of nitrogens with two attached hydrogens (primary N) is 1. The van der Waals surface area contributed by atoms with Gasteiger partial charge in [0.1, 0.15) is 5.75 Å². The second-order valence-electron chi connectivity index (χ2n) is 4.41. The number of aryl methyl sites for hydroxylation is 1. The third kappa shape index (κ3) is 3.20. The molecule has 1 unspecified atom stereocenters. The zero-order valence-electron chi connectivity index (χ0n) is 10.8. The van der Waals surface area contributed by atoms with Crippen molar-refractivity contribution in [2.75, 3.05) is 12.4 Å². The van der Waals surface area contributed by atoms with E-state index in [1.54, 1.807) is 20.1 Å². The van der Waals surface area contributed by atoms with Crippen LogP contribution in [0.2, 0.25) is 0 Å². The van der Waals surface area contributed by atoms with Crippen molar-refractivity contribution in [3.63, 3.8) is 0 Å². The summed E-state index contributed by atoms with van der Waals surface area (Å²) in [6, 6.07) is 5.49. The van der Waals surface area contributed by atoms with Crippen molar-refractivity contribution in [3.8, 4) is 5.75 Å². The zero-order chi connectivity index (χ0) is 13.1. The molecular formula is C13H20N2O2. The molecule has 0 bridgehead atoms. The number of hydrogen-bond donors (Lipinski definition) is 2. The predicted molar refractivity (Wildman–Crippen MR) is 69.2 cm³/mol. The number of benzene rings is 1. The molecule has 4 heteroatoms. The summed E-state index contributed by atoms with van der Waals surface area (Å²) in [6.07, 6.45) is 0.591. The highest BCUT2D eigenvalue weighted by molar-refractivity contribution is 5.97. The smallest absolute Gasteiger partial charge is 0.244 e. The molecule has 17 heavy (non-hydrogen) atoms. The van der Waals surface area contributed by atoms with E-state index in [2.05, 4.69) is 5.32 Å². The lowest BCUT2D eigenvalue weighted by molar-refractivity contribution is -0.120. The quantitative estimate of drug-likeness (QED) is 0.841. The zero-order valence-corrected chi connectivity index (χ0v) is 10.8. The Balaban J connectivity index is 2.83. The molecule has 1 aromatic rings. The highest BCUT2D eigenvalue weighted by atomic mass is 16.5.